The monoisotopic (exact) mass is 449 g/mol. The van der Waals surface area contributed by atoms with Gasteiger partial charge in [-0.25, -0.2) is 0 Å². The number of pyridine rings is 1. The second kappa shape index (κ2) is 7.26. The van der Waals surface area contributed by atoms with E-state index in [1.54, 1.807) is 18.3 Å². The van der Waals surface area contributed by atoms with E-state index in [0.29, 0.717) is 43.9 Å². The Morgan fingerprint density at radius 3 is 1.94 bits per heavy atom. The van der Waals surface area contributed by atoms with Gasteiger partial charge in [-0.2, -0.15) is 0 Å². The predicted octanol–water partition coefficient (Wildman–Crippen LogP) is 5.77. The second-order valence-corrected chi connectivity index (χ2v) is 8.84. The molecule has 4 aromatic carbocycles. The van der Waals surface area contributed by atoms with Crippen LogP contribution in [0.2, 0.25) is 5.02 Å². The zero-order valence-electron chi connectivity index (χ0n) is 17.6. The van der Waals surface area contributed by atoms with Gasteiger partial charge in [0.15, 0.2) is 0 Å². The highest BCUT2D eigenvalue weighted by Crippen LogP contribution is 2.54. The molecule has 6 rings (SSSR count). The summed E-state index contributed by atoms with van der Waals surface area (Å²) in [5, 5.41) is 26.5. The van der Waals surface area contributed by atoms with Crippen molar-refractivity contribution >= 4 is 22.5 Å². The van der Waals surface area contributed by atoms with Crippen LogP contribution in [0.15, 0.2) is 109 Å². The first-order valence-electron chi connectivity index (χ1n) is 10.8. The molecule has 0 fully saturated rings. The van der Waals surface area contributed by atoms with E-state index >= 15 is 0 Å². The van der Waals surface area contributed by atoms with Crippen LogP contribution in [-0.2, 0) is 11.2 Å². The van der Waals surface area contributed by atoms with E-state index in [1.807, 2.05) is 91.0 Å². The van der Waals surface area contributed by atoms with Crippen molar-refractivity contribution in [2.24, 2.45) is 0 Å². The molecule has 1 aliphatic rings. The summed E-state index contributed by atoms with van der Waals surface area (Å²) in [5.41, 5.74) is 1.27. The lowest BCUT2D eigenvalue weighted by molar-refractivity contribution is 0.0759. The Hall–Kier alpha value is -3.50. The van der Waals surface area contributed by atoms with Crippen LogP contribution in [0, 0.1) is 0 Å². The van der Waals surface area contributed by atoms with Gasteiger partial charge in [-0.15, -0.1) is 0 Å². The summed E-state index contributed by atoms with van der Waals surface area (Å²) in [6.07, 6.45) is 1.72. The summed E-state index contributed by atoms with van der Waals surface area (Å²) in [5.74, 6) is 0. The van der Waals surface area contributed by atoms with Gasteiger partial charge >= 0.3 is 0 Å². The standard InChI is InChI=1S/C29H20ClNO2/c30-22-14-16-23-25(18-22)28(32,20-9-3-1-4-10-20)24-15-13-19-8-7-17-31-27(19)26(24)29(23,33)21-11-5-2-6-12-21/h1-18,32-33H. The molecule has 160 valence electrons. The first-order valence-corrected chi connectivity index (χ1v) is 11.2. The Balaban J connectivity index is 1.84. The summed E-state index contributed by atoms with van der Waals surface area (Å²) in [4.78, 5) is 4.67. The molecule has 0 bridgehead atoms. The van der Waals surface area contributed by atoms with Crippen LogP contribution in [0.4, 0.5) is 0 Å². The highest BCUT2D eigenvalue weighted by atomic mass is 35.5. The van der Waals surface area contributed by atoms with Crippen LogP contribution in [0.25, 0.3) is 10.9 Å². The van der Waals surface area contributed by atoms with Gasteiger partial charge in [-0.05, 0) is 34.9 Å². The number of hydrogen-bond donors (Lipinski definition) is 2. The van der Waals surface area contributed by atoms with Gasteiger partial charge in [-0.3, -0.25) is 4.98 Å². The SMILES string of the molecule is OC1(c2ccccc2)c2cc(Cl)ccc2C(O)(c2ccccc2)c2c1ccc1cccnc21. The fourth-order valence-electron chi connectivity index (χ4n) is 5.19. The van der Waals surface area contributed by atoms with Gasteiger partial charge in [0.05, 0.1) is 5.52 Å². The molecule has 0 radical (unpaired) electrons. The highest BCUT2D eigenvalue weighted by molar-refractivity contribution is 6.30. The number of benzene rings is 4. The maximum atomic E-state index is 12.6. The van der Waals surface area contributed by atoms with Crippen molar-refractivity contribution in [3.8, 4) is 0 Å². The van der Waals surface area contributed by atoms with Gasteiger partial charge in [0.1, 0.15) is 11.2 Å². The highest BCUT2D eigenvalue weighted by Gasteiger charge is 2.52. The number of fused-ring (bicyclic) bond motifs is 4. The van der Waals surface area contributed by atoms with Crippen molar-refractivity contribution in [1.29, 1.82) is 0 Å². The Kier molecular flexibility index (Phi) is 4.43. The molecule has 3 nitrogen and oxygen atoms in total. The average molecular weight is 450 g/mol. The van der Waals surface area contributed by atoms with Gasteiger partial charge in [0, 0.05) is 33.3 Å². The van der Waals surface area contributed by atoms with Crippen LogP contribution >= 0.6 is 11.6 Å². The fourth-order valence-corrected chi connectivity index (χ4v) is 5.37. The maximum Gasteiger partial charge on any atom is 0.143 e. The largest absolute Gasteiger partial charge is 0.376 e. The van der Waals surface area contributed by atoms with E-state index in [1.165, 1.54) is 0 Å². The second-order valence-electron chi connectivity index (χ2n) is 8.41. The molecule has 2 atom stereocenters. The van der Waals surface area contributed by atoms with E-state index in [0.717, 1.165) is 5.39 Å². The molecule has 4 heteroatoms. The minimum absolute atomic E-state index is 0.487. The number of halogens is 1. The Morgan fingerprint density at radius 1 is 0.606 bits per heavy atom. The summed E-state index contributed by atoms with van der Waals surface area (Å²) in [6, 6.07) is 32.0. The number of aliphatic hydroxyl groups is 2. The average Bonchev–Trinajstić information content (AvgIpc) is 2.87. The molecule has 0 spiro atoms. The normalized spacial score (nSPS) is 21.4. The van der Waals surface area contributed by atoms with Crippen molar-refractivity contribution in [3.63, 3.8) is 0 Å². The first-order chi connectivity index (χ1) is 16.0. The van der Waals surface area contributed by atoms with Gasteiger partial charge in [0.2, 0.25) is 0 Å². The minimum atomic E-state index is -1.54. The Morgan fingerprint density at radius 2 is 1.24 bits per heavy atom. The minimum Gasteiger partial charge on any atom is -0.376 e. The molecule has 0 saturated carbocycles. The smallest absolute Gasteiger partial charge is 0.143 e. The van der Waals surface area contributed by atoms with Gasteiger partial charge in [-0.1, -0.05) is 96.5 Å². The third-order valence-electron chi connectivity index (χ3n) is 6.67. The van der Waals surface area contributed by atoms with Crippen molar-refractivity contribution in [2.75, 3.05) is 0 Å². The molecule has 1 heterocycles. The van der Waals surface area contributed by atoms with Gasteiger partial charge in [0.25, 0.3) is 0 Å². The molecule has 1 aromatic heterocycles. The summed E-state index contributed by atoms with van der Waals surface area (Å²) in [6.45, 7) is 0. The third kappa shape index (κ3) is 2.74. The molecule has 5 aromatic rings. The van der Waals surface area contributed by atoms with E-state index in [-0.39, 0.29) is 0 Å². The van der Waals surface area contributed by atoms with Crippen molar-refractivity contribution in [3.05, 3.63) is 148 Å². The molecular formula is C29H20ClNO2. The van der Waals surface area contributed by atoms with E-state index in [2.05, 4.69) is 4.98 Å². The zero-order valence-corrected chi connectivity index (χ0v) is 18.4. The number of rotatable bonds is 2. The van der Waals surface area contributed by atoms with Crippen molar-refractivity contribution in [2.45, 2.75) is 11.2 Å². The zero-order chi connectivity index (χ0) is 22.6. The van der Waals surface area contributed by atoms with Crippen molar-refractivity contribution < 1.29 is 10.2 Å². The Labute approximate surface area is 196 Å². The summed E-state index contributed by atoms with van der Waals surface area (Å²) < 4.78 is 0. The van der Waals surface area contributed by atoms with Crippen LogP contribution in [-0.4, -0.2) is 15.2 Å². The number of aromatic nitrogens is 1. The molecule has 1 aliphatic carbocycles. The van der Waals surface area contributed by atoms with E-state index < -0.39 is 11.2 Å². The maximum absolute atomic E-state index is 12.6. The molecule has 0 aliphatic heterocycles. The molecule has 2 N–H and O–H groups in total. The topological polar surface area (TPSA) is 53.4 Å². The molecule has 2 unspecified atom stereocenters. The summed E-state index contributed by atoms with van der Waals surface area (Å²) in [7, 11) is 0. The number of nitrogens with zero attached hydrogens (tertiary/aromatic N) is 1. The third-order valence-corrected chi connectivity index (χ3v) is 6.91. The lowest BCUT2D eigenvalue weighted by atomic mass is 9.63. The van der Waals surface area contributed by atoms with Crippen molar-refractivity contribution in [1.82, 2.24) is 4.98 Å². The quantitative estimate of drug-likeness (QED) is 0.359. The van der Waals surface area contributed by atoms with Crippen LogP contribution in [0.5, 0.6) is 0 Å². The van der Waals surface area contributed by atoms with Gasteiger partial charge < -0.3 is 10.2 Å². The van der Waals surface area contributed by atoms with E-state index in [9.17, 15) is 10.2 Å². The first kappa shape index (κ1) is 20.1. The van der Waals surface area contributed by atoms with Crippen LogP contribution in [0.3, 0.4) is 0 Å². The fraction of sp³-hybridized carbons (Fsp3) is 0.0690. The van der Waals surface area contributed by atoms with Crippen LogP contribution < -0.4 is 0 Å². The van der Waals surface area contributed by atoms with Crippen LogP contribution in [0.1, 0.15) is 33.4 Å². The molecule has 0 amide bonds. The Bertz CT molecular complexity index is 1500. The number of hydrogen-bond acceptors (Lipinski definition) is 3. The van der Waals surface area contributed by atoms with E-state index in [4.69, 9.17) is 11.6 Å². The lowest BCUT2D eigenvalue weighted by Crippen LogP contribution is -2.44. The lowest BCUT2D eigenvalue weighted by Gasteiger charge is -2.45. The molecular weight excluding hydrogens is 430 g/mol. The predicted molar refractivity (Wildman–Crippen MR) is 130 cm³/mol. The molecule has 33 heavy (non-hydrogen) atoms. The summed E-state index contributed by atoms with van der Waals surface area (Å²) >= 11 is 6.45. The molecule has 0 saturated heterocycles.